The molecular formula is C9H12O2. The van der Waals surface area contributed by atoms with E-state index < -0.39 is 0 Å². The van der Waals surface area contributed by atoms with E-state index in [2.05, 4.69) is 6.92 Å². The van der Waals surface area contributed by atoms with Crippen LogP contribution in [0.2, 0.25) is 0 Å². The highest BCUT2D eigenvalue weighted by Crippen LogP contribution is 2.06. The molecule has 0 amide bonds. The van der Waals surface area contributed by atoms with Crippen LogP contribution in [-0.2, 0) is 6.42 Å². The summed E-state index contributed by atoms with van der Waals surface area (Å²) in [6, 6.07) is 3.31. The lowest BCUT2D eigenvalue weighted by Gasteiger charge is -1.99. The molecule has 0 aliphatic carbocycles. The Morgan fingerprint density at radius 2 is 2.18 bits per heavy atom. The Kier molecular flexibility index (Phi) is 2.47. The molecule has 11 heavy (non-hydrogen) atoms. The van der Waals surface area contributed by atoms with E-state index >= 15 is 0 Å². The molecule has 60 valence electrons. The molecule has 0 radical (unpaired) electrons. The van der Waals surface area contributed by atoms with E-state index in [1.165, 1.54) is 6.07 Å². The zero-order valence-electron chi connectivity index (χ0n) is 6.89. The molecule has 0 atom stereocenters. The summed E-state index contributed by atoms with van der Waals surface area (Å²) in [5.74, 6) is 0.749. The van der Waals surface area contributed by atoms with Crippen molar-refractivity contribution < 1.29 is 4.42 Å². The normalized spacial score (nSPS) is 10.0. The van der Waals surface area contributed by atoms with Crippen molar-refractivity contribution in [2.75, 3.05) is 0 Å². The summed E-state index contributed by atoms with van der Waals surface area (Å²) in [5, 5.41) is 0. The van der Waals surface area contributed by atoms with E-state index in [9.17, 15) is 4.79 Å². The highest BCUT2D eigenvalue weighted by molar-refractivity contribution is 5.15. The van der Waals surface area contributed by atoms with Gasteiger partial charge in [0.05, 0.1) is 0 Å². The Morgan fingerprint density at radius 3 is 2.73 bits per heavy atom. The first-order valence-corrected chi connectivity index (χ1v) is 3.83. The van der Waals surface area contributed by atoms with Gasteiger partial charge >= 0.3 is 5.63 Å². The fraction of sp³-hybridized carbons (Fsp3) is 0.444. The zero-order chi connectivity index (χ0) is 8.27. The Hall–Kier alpha value is -1.05. The first-order chi connectivity index (χ1) is 5.24. The quantitative estimate of drug-likeness (QED) is 0.647. The summed E-state index contributed by atoms with van der Waals surface area (Å²) in [5.41, 5.74) is 0.870. The molecule has 0 N–H and O–H groups in total. The Balaban J connectivity index is 2.99. The third-order valence-corrected chi connectivity index (χ3v) is 1.65. The standard InChI is InChI=1S/C9H12O2/c1-3-4-8-5-6-9(10)11-7(8)2/h5-6H,3-4H2,1-2H3. The molecule has 1 heterocycles. The second kappa shape index (κ2) is 3.37. The van der Waals surface area contributed by atoms with Crippen LogP contribution < -0.4 is 5.63 Å². The Morgan fingerprint density at radius 1 is 1.45 bits per heavy atom. The molecular weight excluding hydrogens is 140 g/mol. The highest BCUT2D eigenvalue weighted by Gasteiger charge is 1.98. The Bertz CT molecular complexity index is 286. The van der Waals surface area contributed by atoms with Gasteiger partial charge in [-0.2, -0.15) is 0 Å². The van der Waals surface area contributed by atoms with Crippen LogP contribution in [0, 0.1) is 6.92 Å². The van der Waals surface area contributed by atoms with Gasteiger partial charge in [-0.05, 0) is 25.0 Å². The van der Waals surface area contributed by atoms with E-state index in [0.29, 0.717) is 0 Å². The van der Waals surface area contributed by atoms with Gasteiger partial charge in [0.25, 0.3) is 0 Å². The lowest BCUT2D eigenvalue weighted by atomic mass is 10.1. The molecule has 2 heteroatoms. The average molecular weight is 152 g/mol. The van der Waals surface area contributed by atoms with Crippen LogP contribution in [0.25, 0.3) is 0 Å². The summed E-state index contributed by atoms with van der Waals surface area (Å²) in [7, 11) is 0. The second-order valence-electron chi connectivity index (χ2n) is 2.59. The van der Waals surface area contributed by atoms with Crippen molar-refractivity contribution in [1.82, 2.24) is 0 Å². The summed E-state index contributed by atoms with van der Waals surface area (Å²) in [4.78, 5) is 10.7. The van der Waals surface area contributed by atoms with Gasteiger partial charge in [-0.25, -0.2) is 4.79 Å². The summed E-state index contributed by atoms with van der Waals surface area (Å²) < 4.78 is 4.91. The maximum absolute atomic E-state index is 10.7. The monoisotopic (exact) mass is 152 g/mol. The van der Waals surface area contributed by atoms with E-state index in [1.807, 2.05) is 13.0 Å². The average Bonchev–Trinajstić information content (AvgIpc) is 1.95. The van der Waals surface area contributed by atoms with Gasteiger partial charge < -0.3 is 4.42 Å². The predicted octanol–water partition coefficient (Wildman–Crippen LogP) is 1.90. The highest BCUT2D eigenvalue weighted by atomic mass is 16.4. The Labute approximate surface area is 65.9 Å². The first-order valence-electron chi connectivity index (χ1n) is 3.83. The van der Waals surface area contributed by atoms with Gasteiger partial charge in [-0.15, -0.1) is 0 Å². The number of hydrogen-bond acceptors (Lipinski definition) is 2. The molecule has 0 aliphatic rings. The SMILES string of the molecule is CCCc1ccc(=O)oc1C. The third kappa shape index (κ3) is 1.93. The first kappa shape index (κ1) is 8.05. The minimum atomic E-state index is -0.262. The fourth-order valence-corrected chi connectivity index (χ4v) is 1.07. The maximum Gasteiger partial charge on any atom is 0.335 e. The van der Waals surface area contributed by atoms with Crippen molar-refractivity contribution in [3.05, 3.63) is 33.9 Å². The van der Waals surface area contributed by atoms with Gasteiger partial charge in [0.15, 0.2) is 0 Å². The van der Waals surface area contributed by atoms with Crippen molar-refractivity contribution in [3.8, 4) is 0 Å². The topological polar surface area (TPSA) is 30.2 Å². The fourth-order valence-electron chi connectivity index (χ4n) is 1.07. The summed E-state index contributed by atoms with van der Waals surface area (Å²) in [6.45, 7) is 3.93. The van der Waals surface area contributed by atoms with Crippen molar-refractivity contribution in [2.45, 2.75) is 26.7 Å². The molecule has 0 spiro atoms. The van der Waals surface area contributed by atoms with Crippen LogP contribution >= 0.6 is 0 Å². The van der Waals surface area contributed by atoms with Gasteiger partial charge in [-0.1, -0.05) is 13.3 Å². The molecule has 0 bridgehead atoms. The van der Waals surface area contributed by atoms with Gasteiger partial charge in [0, 0.05) is 6.07 Å². The molecule has 0 fully saturated rings. The van der Waals surface area contributed by atoms with Crippen LogP contribution in [0.4, 0.5) is 0 Å². The largest absolute Gasteiger partial charge is 0.428 e. The van der Waals surface area contributed by atoms with E-state index in [0.717, 1.165) is 24.2 Å². The molecule has 1 aromatic heterocycles. The maximum atomic E-state index is 10.7. The van der Waals surface area contributed by atoms with Crippen molar-refractivity contribution in [1.29, 1.82) is 0 Å². The van der Waals surface area contributed by atoms with E-state index in [1.54, 1.807) is 0 Å². The minimum absolute atomic E-state index is 0.262. The van der Waals surface area contributed by atoms with Gasteiger partial charge in [0.2, 0.25) is 0 Å². The van der Waals surface area contributed by atoms with Crippen LogP contribution in [0.1, 0.15) is 24.7 Å². The number of hydrogen-bond donors (Lipinski definition) is 0. The third-order valence-electron chi connectivity index (χ3n) is 1.65. The van der Waals surface area contributed by atoms with Crippen LogP contribution in [-0.4, -0.2) is 0 Å². The van der Waals surface area contributed by atoms with Crippen molar-refractivity contribution in [3.63, 3.8) is 0 Å². The van der Waals surface area contributed by atoms with Crippen LogP contribution in [0.3, 0.4) is 0 Å². The van der Waals surface area contributed by atoms with Gasteiger partial charge in [0.1, 0.15) is 5.76 Å². The number of rotatable bonds is 2. The minimum Gasteiger partial charge on any atom is -0.428 e. The van der Waals surface area contributed by atoms with Crippen LogP contribution in [0.5, 0.6) is 0 Å². The molecule has 0 unspecified atom stereocenters. The predicted molar refractivity (Wildman–Crippen MR) is 43.7 cm³/mol. The van der Waals surface area contributed by atoms with E-state index in [4.69, 9.17) is 4.42 Å². The number of aryl methyl sites for hydroxylation is 2. The lowest BCUT2D eigenvalue weighted by molar-refractivity contribution is 0.472. The van der Waals surface area contributed by atoms with E-state index in [-0.39, 0.29) is 5.63 Å². The van der Waals surface area contributed by atoms with Crippen molar-refractivity contribution >= 4 is 0 Å². The molecule has 0 saturated heterocycles. The summed E-state index contributed by atoms with van der Waals surface area (Å²) in [6.07, 6.45) is 2.06. The lowest BCUT2D eigenvalue weighted by Crippen LogP contribution is -1.99. The summed E-state index contributed by atoms with van der Waals surface area (Å²) >= 11 is 0. The molecule has 0 aliphatic heterocycles. The molecule has 1 rings (SSSR count). The zero-order valence-corrected chi connectivity index (χ0v) is 6.89. The molecule has 0 saturated carbocycles. The van der Waals surface area contributed by atoms with Crippen LogP contribution in [0.15, 0.2) is 21.3 Å². The van der Waals surface area contributed by atoms with Gasteiger partial charge in [-0.3, -0.25) is 0 Å². The molecule has 2 nitrogen and oxygen atoms in total. The molecule has 0 aromatic carbocycles. The smallest absolute Gasteiger partial charge is 0.335 e. The second-order valence-corrected chi connectivity index (χ2v) is 2.59. The van der Waals surface area contributed by atoms with Crippen molar-refractivity contribution in [2.24, 2.45) is 0 Å². The molecule has 1 aromatic rings.